The molecule has 0 radical (unpaired) electrons. The summed E-state index contributed by atoms with van der Waals surface area (Å²) in [5.41, 5.74) is 7.36. The second-order valence-corrected chi connectivity index (χ2v) is 5.42. The molecule has 0 unspecified atom stereocenters. The first-order valence-electron chi connectivity index (χ1n) is 6.93. The molecule has 1 aromatic carbocycles. The van der Waals surface area contributed by atoms with Crippen molar-refractivity contribution in [2.24, 2.45) is 5.92 Å². The van der Waals surface area contributed by atoms with Crippen LogP contribution < -0.4 is 10.6 Å². The molecule has 2 N–H and O–H groups in total. The molecule has 0 saturated heterocycles. The van der Waals surface area contributed by atoms with E-state index >= 15 is 0 Å². The summed E-state index contributed by atoms with van der Waals surface area (Å²) >= 11 is 0. The predicted molar refractivity (Wildman–Crippen MR) is 75.3 cm³/mol. The lowest BCUT2D eigenvalue weighted by Gasteiger charge is -2.26. The number of anilines is 2. The Hall–Kier alpha value is -1.25. The molecule has 0 atom stereocenters. The van der Waals surface area contributed by atoms with E-state index in [9.17, 15) is 4.39 Å². The lowest BCUT2D eigenvalue weighted by atomic mass is 9.87. The van der Waals surface area contributed by atoms with Crippen molar-refractivity contribution in [3.63, 3.8) is 0 Å². The topological polar surface area (TPSA) is 29.3 Å². The van der Waals surface area contributed by atoms with Crippen LogP contribution in [0.5, 0.6) is 0 Å². The highest BCUT2D eigenvalue weighted by molar-refractivity contribution is 5.67. The molecule has 18 heavy (non-hydrogen) atoms. The summed E-state index contributed by atoms with van der Waals surface area (Å²) in [6.45, 7) is 0.957. The number of rotatable bonds is 4. The zero-order chi connectivity index (χ0) is 13.0. The van der Waals surface area contributed by atoms with Crippen LogP contribution in [0.3, 0.4) is 0 Å². The lowest BCUT2D eigenvalue weighted by molar-refractivity contribution is 0.341. The van der Waals surface area contributed by atoms with Crippen molar-refractivity contribution in [3.8, 4) is 0 Å². The maximum atomic E-state index is 13.2. The molecule has 0 aromatic heterocycles. The fourth-order valence-electron chi connectivity index (χ4n) is 2.82. The number of hydrogen-bond acceptors (Lipinski definition) is 2. The second kappa shape index (κ2) is 6.07. The van der Waals surface area contributed by atoms with E-state index < -0.39 is 0 Å². The van der Waals surface area contributed by atoms with E-state index in [1.54, 1.807) is 6.07 Å². The lowest BCUT2D eigenvalue weighted by Crippen LogP contribution is -2.23. The molecular formula is C15H23FN2. The van der Waals surface area contributed by atoms with Crippen molar-refractivity contribution in [1.29, 1.82) is 0 Å². The average Bonchev–Trinajstić information content (AvgIpc) is 2.40. The zero-order valence-electron chi connectivity index (χ0n) is 11.2. The third-order valence-corrected chi connectivity index (χ3v) is 4.00. The molecule has 1 aromatic rings. The van der Waals surface area contributed by atoms with Gasteiger partial charge in [-0.05, 0) is 30.5 Å². The smallest absolute Gasteiger partial charge is 0.125 e. The molecule has 1 fully saturated rings. The summed E-state index contributed by atoms with van der Waals surface area (Å²) in [6, 6.07) is 4.58. The van der Waals surface area contributed by atoms with E-state index in [0.717, 1.165) is 18.2 Å². The Morgan fingerprint density at radius 2 is 2.00 bits per heavy atom. The standard InChI is InChI=1S/C15H23FN2/c1-18(10-9-12-5-3-2-4-6-12)15-11-13(16)7-8-14(15)17/h7-8,11-12H,2-6,9-10,17H2,1H3. The SMILES string of the molecule is CN(CCC1CCCCC1)c1cc(F)ccc1N. The molecule has 2 rings (SSSR count). The van der Waals surface area contributed by atoms with Gasteiger partial charge < -0.3 is 10.6 Å². The van der Waals surface area contributed by atoms with E-state index in [4.69, 9.17) is 5.73 Å². The Kier molecular flexibility index (Phi) is 4.45. The van der Waals surface area contributed by atoms with Gasteiger partial charge in [-0.15, -0.1) is 0 Å². The minimum absolute atomic E-state index is 0.219. The number of halogens is 1. The van der Waals surface area contributed by atoms with Crippen molar-refractivity contribution >= 4 is 11.4 Å². The minimum atomic E-state index is -0.219. The van der Waals surface area contributed by atoms with Crippen LogP contribution in [0.15, 0.2) is 18.2 Å². The van der Waals surface area contributed by atoms with Crippen molar-refractivity contribution < 1.29 is 4.39 Å². The van der Waals surface area contributed by atoms with E-state index in [1.165, 1.54) is 50.7 Å². The number of nitrogens with two attached hydrogens (primary N) is 1. The third kappa shape index (κ3) is 3.37. The fourth-order valence-corrected chi connectivity index (χ4v) is 2.82. The highest BCUT2D eigenvalue weighted by Gasteiger charge is 2.14. The average molecular weight is 250 g/mol. The zero-order valence-corrected chi connectivity index (χ0v) is 11.2. The minimum Gasteiger partial charge on any atom is -0.397 e. The van der Waals surface area contributed by atoms with E-state index in [0.29, 0.717) is 5.69 Å². The molecule has 1 aliphatic carbocycles. The molecule has 100 valence electrons. The first kappa shape index (κ1) is 13.2. The van der Waals surface area contributed by atoms with E-state index in [2.05, 4.69) is 4.90 Å². The molecule has 2 nitrogen and oxygen atoms in total. The van der Waals surface area contributed by atoms with Gasteiger partial charge in [-0.3, -0.25) is 0 Å². The Morgan fingerprint density at radius 3 is 2.72 bits per heavy atom. The van der Waals surface area contributed by atoms with Crippen LogP contribution in [0.1, 0.15) is 38.5 Å². The molecular weight excluding hydrogens is 227 g/mol. The van der Waals surface area contributed by atoms with Gasteiger partial charge in [0, 0.05) is 13.6 Å². The normalized spacial score (nSPS) is 16.8. The largest absolute Gasteiger partial charge is 0.397 e. The number of benzene rings is 1. The van der Waals surface area contributed by atoms with Crippen LogP contribution in [0.2, 0.25) is 0 Å². The van der Waals surface area contributed by atoms with Gasteiger partial charge in [0.05, 0.1) is 11.4 Å². The molecule has 3 heteroatoms. The van der Waals surface area contributed by atoms with Gasteiger partial charge in [-0.1, -0.05) is 32.1 Å². The monoisotopic (exact) mass is 250 g/mol. The van der Waals surface area contributed by atoms with Gasteiger partial charge in [-0.2, -0.15) is 0 Å². The molecule has 1 aliphatic rings. The summed E-state index contributed by atoms with van der Waals surface area (Å²) in [4.78, 5) is 2.08. The third-order valence-electron chi connectivity index (χ3n) is 4.00. The second-order valence-electron chi connectivity index (χ2n) is 5.42. The van der Waals surface area contributed by atoms with Crippen LogP contribution in [0.25, 0.3) is 0 Å². The molecule has 0 heterocycles. The molecule has 1 saturated carbocycles. The molecule has 0 bridgehead atoms. The molecule has 0 aliphatic heterocycles. The number of nitrogens with zero attached hydrogens (tertiary/aromatic N) is 1. The summed E-state index contributed by atoms with van der Waals surface area (Å²) in [5.74, 6) is 0.625. The van der Waals surface area contributed by atoms with Gasteiger partial charge in [0.2, 0.25) is 0 Å². The van der Waals surface area contributed by atoms with Gasteiger partial charge in [0.25, 0.3) is 0 Å². The number of nitrogen functional groups attached to an aromatic ring is 1. The first-order chi connectivity index (χ1) is 8.66. The van der Waals surface area contributed by atoms with E-state index in [-0.39, 0.29) is 5.82 Å². The Labute approximate surface area is 109 Å². The highest BCUT2D eigenvalue weighted by atomic mass is 19.1. The molecule has 0 spiro atoms. The van der Waals surface area contributed by atoms with Crippen LogP contribution in [0.4, 0.5) is 15.8 Å². The van der Waals surface area contributed by atoms with Crippen molar-refractivity contribution in [3.05, 3.63) is 24.0 Å². The van der Waals surface area contributed by atoms with Gasteiger partial charge >= 0.3 is 0 Å². The van der Waals surface area contributed by atoms with Gasteiger partial charge in [0.15, 0.2) is 0 Å². The van der Waals surface area contributed by atoms with Crippen LogP contribution in [-0.4, -0.2) is 13.6 Å². The summed E-state index contributed by atoms with van der Waals surface area (Å²) < 4.78 is 13.2. The van der Waals surface area contributed by atoms with Crippen LogP contribution in [-0.2, 0) is 0 Å². The summed E-state index contributed by atoms with van der Waals surface area (Å²) in [6.07, 6.45) is 8.03. The van der Waals surface area contributed by atoms with Gasteiger partial charge in [0.1, 0.15) is 5.82 Å². The Bertz CT molecular complexity index is 386. The predicted octanol–water partition coefficient (Wildman–Crippen LogP) is 3.81. The quantitative estimate of drug-likeness (QED) is 0.823. The highest BCUT2D eigenvalue weighted by Crippen LogP contribution is 2.28. The van der Waals surface area contributed by atoms with Gasteiger partial charge in [-0.25, -0.2) is 4.39 Å². The maximum absolute atomic E-state index is 13.2. The van der Waals surface area contributed by atoms with Crippen molar-refractivity contribution in [2.75, 3.05) is 24.2 Å². The van der Waals surface area contributed by atoms with Crippen LogP contribution in [0, 0.1) is 11.7 Å². The van der Waals surface area contributed by atoms with E-state index in [1.807, 2.05) is 7.05 Å². The maximum Gasteiger partial charge on any atom is 0.125 e. The first-order valence-corrected chi connectivity index (χ1v) is 6.93. The van der Waals surface area contributed by atoms with Crippen LogP contribution >= 0.6 is 0 Å². The summed E-state index contributed by atoms with van der Waals surface area (Å²) in [5, 5.41) is 0. The molecule has 0 amide bonds. The van der Waals surface area contributed by atoms with Crippen molar-refractivity contribution in [1.82, 2.24) is 0 Å². The Morgan fingerprint density at radius 1 is 1.28 bits per heavy atom. The number of hydrogen-bond donors (Lipinski definition) is 1. The summed E-state index contributed by atoms with van der Waals surface area (Å²) in [7, 11) is 1.99. The Balaban J connectivity index is 1.90. The fraction of sp³-hybridized carbons (Fsp3) is 0.600. The van der Waals surface area contributed by atoms with Crippen molar-refractivity contribution in [2.45, 2.75) is 38.5 Å².